The van der Waals surface area contributed by atoms with Crippen molar-refractivity contribution in [3.63, 3.8) is 0 Å². The molecule has 3 aliphatic rings. The van der Waals surface area contributed by atoms with Crippen molar-refractivity contribution in [3.05, 3.63) is 34.9 Å². The lowest BCUT2D eigenvalue weighted by Crippen LogP contribution is -2.64. The van der Waals surface area contributed by atoms with Crippen molar-refractivity contribution in [3.8, 4) is 0 Å². The van der Waals surface area contributed by atoms with E-state index in [4.69, 9.17) is 10.5 Å². The molecule has 0 radical (unpaired) electrons. The van der Waals surface area contributed by atoms with E-state index in [1.54, 1.807) is 4.90 Å². The Morgan fingerprint density at radius 3 is 2.77 bits per heavy atom. The molecular weight excluding hydrogens is 336 g/mol. The van der Waals surface area contributed by atoms with Crippen LogP contribution >= 0.6 is 0 Å². The number of carbonyl (C=O) groups excluding carboxylic acids is 3. The normalized spacial score (nSPS) is 24.3. The second kappa shape index (κ2) is 6.46. The molecule has 3 aliphatic heterocycles. The summed E-state index contributed by atoms with van der Waals surface area (Å²) in [7, 11) is 0. The van der Waals surface area contributed by atoms with Crippen LogP contribution in [0.25, 0.3) is 0 Å². The molecular formula is C18H22N4O4. The predicted octanol–water partition coefficient (Wildman–Crippen LogP) is -0.735. The molecule has 2 saturated heterocycles. The first-order valence-electron chi connectivity index (χ1n) is 8.81. The first kappa shape index (κ1) is 17.1. The van der Waals surface area contributed by atoms with Crippen molar-refractivity contribution in [1.29, 1.82) is 0 Å². The molecule has 8 heteroatoms. The number of fused-ring (bicyclic) bond motifs is 1. The van der Waals surface area contributed by atoms with Crippen LogP contribution in [0.3, 0.4) is 0 Å². The van der Waals surface area contributed by atoms with Crippen molar-refractivity contribution in [2.45, 2.75) is 37.5 Å². The first-order chi connectivity index (χ1) is 12.5. The predicted molar refractivity (Wildman–Crippen MR) is 91.9 cm³/mol. The molecule has 4 rings (SSSR count). The van der Waals surface area contributed by atoms with Gasteiger partial charge in [0, 0.05) is 31.6 Å². The zero-order valence-corrected chi connectivity index (χ0v) is 14.4. The minimum absolute atomic E-state index is 0.156. The molecule has 8 nitrogen and oxygen atoms in total. The van der Waals surface area contributed by atoms with Gasteiger partial charge >= 0.3 is 0 Å². The van der Waals surface area contributed by atoms with Crippen LogP contribution in [0.15, 0.2) is 18.2 Å². The van der Waals surface area contributed by atoms with Crippen LogP contribution < -0.4 is 16.4 Å². The maximum atomic E-state index is 12.8. The molecule has 0 spiro atoms. The summed E-state index contributed by atoms with van der Waals surface area (Å²) in [6.07, 6.45) is 0.632. The van der Waals surface area contributed by atoms with E-state index in [1.165, 1.54) is 0 Å². The number of nitrogens with zero attached hydrogens (tertiary/aromatic N) is 1. The van der Waals surface area contributed by atoms with Gasteiger partial charge in [0.05, 0.1) is 18.8 Å². The number of benzene rings is 1. The fourth-order valence-corrected chi connectivity index (χ4v) is 3.64. The van der Waals surface area contributed by atoms with E-state index in [1.807, 2.05) is 18.2 Å². The summed E-state index contributed by atoms with van der Waals surface area (Å²) in [4.78, 5) is 37.8. The largest absolute Gasteiger partial charge is 0.377 e. The lowest BCUT2D eigenvalue weighted by Gasteiger charge is -2.41. The summed E-state index contributed by atoms with van der Waals surface area (Å²) in [5.74, 6) is -0.825. The average Bonchev–Trinajstić information content (AvgIpc) is 2.91. The van der Waals surface area contributed by atoms with Gasteiger partial charge < -0.3 is 20.7 Å². The lowest BCUT2D eigenvalue weighted by atomic mass is 9.97. The Morgan fingerprint density at radius 2 is 2.12 bits per heavy atom. The van der Waals surface area contributed by atoms with Gasteiger partial charge in [-0.05, 0) is 23.6 Å². The summed E-state index contributed by atoms with van der Waals surface area (Å²) in [5.41, 5.74) is 8.14. The van der Waals surface area contributed by atoms with E-state index in [0.717, 1.165) is 11.1 Å². The van der Waals surface area contributed by atoms with Crippen LogP contribution in [0, 0.1) is 0 Å². The van der Waals surface area contributed by atoms with Crippen LogP contribution in [-0.4, -0.2) is 54.0 Å². The van der Waals surface area contributed by atoms with Gasteiger partial charge in [0.2, 0.25) is 11.8 Å². The number of nitrogens with one attached hydrogen (secondary N) is 2. The second-order valence-corrected chi connectivity index (χ2v) is 7.22. The minimum atomic E-state index is -0.582. The minimum Gasteiger partial charge on any atom is -0.377 e. The van der Waals surface area contributed by atoms with Crippen molar-refractivity contribution in [1.82, 2.24) is 15.5 Å². The van der Waals surface area contributed by atoms with Crippen LogP contribution in [0.5, 0.6) is 0 Å². The van der Waals surface area contributed by atoms with Crippen molar-refractivity contribution in [2.24, 2.45) is 5.73 Å². The van der Waals surface area contributed by atoms with Crippen LogP contribution in [-0.2, 0) is 27.4 Å². The van der Waals surface area contributed by atoms with Crippen LogP contribution in [0.1, 0.15) is 34.3 Å². The molecule has 0 aliphatic carbocycles. The highest BCUT2D eigenvalue weighted by Gasteiger charge is 2.39. The zero-order valence-electron chi connectivity index (χ0n) is 14.4. The number of nitrogens with two attached hydrogens (primary N) is 1. The van der Waals surface area contributed by atoms with Gasteiger partial charge in [-0.15, -0.1) is 0 Å². The Balaban J connectivity index is 1.47. The lowest BCUT2D eigenvalue weighted by molar-refractivity contribution is -0.136. The van der Waals surface area contributed by atoms with E-state index >= 15 is 0 Å². The molecule has 3 heterocycles. The monoisotopic (exact) mass is 358 g/mol. The molecule has 1 atom stereocenters. The van der Waals surface area contributed by atoms with E-state index in [9.17, 15) is 14.4 Å². The highest BCUT2D eigenvalue weighted by atomic mass is 16.5. The van der Waals surface area contributed by atoms with Gasteiger partial charge in [0.1, 0.15) is 6.04 Å². The van der Waals surface area contributed by atoms with Crippen molar-refractivity contribution < 1.29 is 19.1 Å². The van der Waals surface area contributed by atoms with Gasteiger partial charge in [-0.2, -0.15) is 0 Å². The molecule has 2 fully saturated rings. The molecule has 0 bridgehead atoms. The van der Waals surface area contributed by atoms with Crippen molar-refractivity contribution in [2.75, 3.05) is 19.8 Å². The van der Waals surface area contributed by atoms with Gasteiger partial charge in [0.25, 0.3) is 5.91 Å². The Morgan fingerprint density at radius 1 is 1.31 bits per heavy atom. The number of ether oxygens (including phenoxy) is 1. The summed E-state index contributed by atoms with van der Waals surface area (Å²) < 4.78 is 5.24. The average molecular weight is 358 g/mol. The van der Waals surface area contributed by atoms with Crippen LogP contribution in [0.2, 0.25) is 0 Å². The van der Waals surface area contributed by atoms with E-state index in [2.05, 4.69) is 10.6 Å². The fourth-order valence-electron chi connectivity index (χ4n) is 3.64. The SMILES string of the molecule is NCC1(NCc2ccc3c(c2)C(=O)N(C2CCC(=O)NC2=O)C3)COC1. The first-order valence-corrected chi connectivity index (χ1v) is 8.81. The molecule has 0 saturated carbocycles. The second-order valence-electron chi connectivity index (χ2n) is 7.22. The van der Waals surface area contributed by atoms with Crippen LogP contribution in [0.4, 0.5) is 0 Å². The zero-order chi connectivity index (χ0) is 18.3. The number of piperidine rings is 1. The summed E-state index contributed by atoms with van der Waals surface area (Å²) >= 11 is 0. The standard InChI is InChI=1S/C18H22N4O4/c19-8-18(9-26-10-18)20-6-11-1-2-12-7-22(17(25)13(12)5-11)14-3-4-15(23)21-16(14)24/h1-2,5,14,20H,3-4,6-10,19H2,(H,21,23,24). The molecule has 1 aromatic carbocycles. The number of rotatable bonds is 5. The maximum absolute atomic E-state index is 12.8. The van der Waals surface area contributed by atoms with Gasteiger partial charge in [-0.3, -0.25) is 19.7 Å². The van der Waals surface area contributed by atoms with Gasteiger partial charge in [-0.1, -0.05) is 12.1 Å². The highest BCUT2D eigenvalue weighted by molar-refractivity contribution is 6.05. The Bertz CT molecular complexity index is 769. The maximum Gasteiger partial charge on any atom is 0.255 e. The Kier molecular flexibility index (Phi) is 4.26. The summed E-state index contributed by atoms with van der Waals surface area (Å²) in [5, 5.41) is 5.73. The molecule has 138 valence electrons. The smallest absolute Gasteiger partial charge is 0.255 e. The molecule has 1 aromatic rings. The van der Waals surface area contributed by atoms with E-state index in [0.29, 0.717) is 44.8 Å². The number of amides is 3. The Hall–Kier alpha value is -2.29. The third kappa shape index (κ3) is 2.90. The van der Waals surface area contributed by atoms with Gasteiger partial charge in [-0.25, -0.2) is 0 Å². The molecule has 4 N–H and O–H groups in total. The summed E-state index contributed by atoms with van der Waals surface area (Å²) in [6, 6.07) is 5.21. The number of imide groups is 1. The molecule has 0 aromatic heterocycles. The van der Waals surface area contributed by atoms with Crippen molar-refractivity contribution >= 4 is 17.7 Å². The molecule has 1 unspecified atom stereocenters. The topological polar surface area (TPSA) is 114 Å². The number of carbonyl (C=O) groups is 3. The third-order valence-corrected chi connectivity index (χ3v) is 5.41. The Labute approximate surface area is 151 Å². The van der Waals surface area contributed by atoms with Gasteiger partial charge in [0.15, 0.2) is 0 Å². The highest BCUT2D eigenvalue weighted by Crippen LogP contribution is 2.28. The van der Waals surface area contributed by atoms with E-state index in [-0.39, 0.29) is 29.7 Å². The molecule has 26 heavy (non-hydrogen) atoms. The number of hydrogen-bond acceptors (Lipinski definition) is 6. The summed E-state index contributed by atoms with van der Waals surface area (Å²) in [6.45, 7) is 2.68. The number of hydrogen-bond donors (Lipinski definition) is 3. The molecule has 3 amide bonds. The quantitative estimate of drug-likeness (QED) is 0.598. The fraction of sp³-hybridized carbons (Fsp3) is 0.500. The third-order valence-electron chi connectivity index (χ3n) is 5.41. The van der Waals surface area contributed by atoms with E-state index < -0.39 is 6.04 Å².